The highest BCUT2D eigenvalue weighted by atomic mass is 16.5. The SMILES string of the molecule is CCCCCCCCCCCC(=O)OCCC#N. The van der Waals surface area contributed by atoms with Crippen molar-refractivity contribution in [1.82, 2.24) is 0 Å². The zero-order valence-electron chi connectivity index (χ0n) is 11.7. The maximum absolute atomic E-state index is 11.2. The van der Waals surface area contributed by atoms with E-state index in [9.17, 15) is 4.79 Å². The van der Waals surface area contributed by atoms with E-state index in [4.69, 9.17) is 10.00 Å². The van der Waals surface area contributed by atoms with Crippen molar-refractivity contribution in [3.8, 4) is 6.07 Å². The van der Waals surface area contributed by atoms with Gasteiger partial charge in [-0.2, -0.15) is 5.26 Å². The Balaban J connectivity index is 3.10. The summed E-state index contributed by atoms with van der Waals surface area (Å²) in [6.07, 6.45) is 12.0. The fourth-order valence-electron chi connectivity index (χ4n) is 1.86. The van der Waals surface area contributed by atoms with Gasteiger partial charge >= 0.3 is 5.97 Å². The first-order valence-electron chi connectivity index (χ1n) is 7.33. The van der Waals surface area contributed by atoms with E-state index in [1.807, 2.05) is 6.07 Å². The fourth-order valence-corrected chi connectivity index (χ4v) is 1.86. The van der Waals surface area contributed by atoms with E-state index in [0.29, 0.717) is 12.8 Å². The Morgan fingerprint density at radius 2 is 1.56 bits per heavy atom. The summed E-state index contributed by atoms with van der Waals surface area (Å²) >= 11 is 0. The van der Waals surface area contributed by atoms with Crippen molar-refractivity contribution in [3.63, 3.8) is 0 Å². The van der Waals surface area contributed by atoms with Gasteiger partial charge in [-0.05, 0) is 6.42 Å². The lowest BCUT2D eigenvalue weighted by Gasteiger charge is -2.03. The molecule has 18 heavy (non-hydrogen) atoms. The predicted molar refractivity (Wildman–Crippen MR) is 73.0 cm³/mol. The summed E-state index contributed by atoms with van der Waals surface area (Å²) in [7, 11) is 0. The molecule has 0 aliphatic carbocycles. The molecule has 0 amide bonds. The molecule has 0 aromatic carbocycles. The van der Waals surface area contributed by atoms with Crippen molar-refractivity contribution in [2.45, 2.75) is 77.6 Å². The average Bonchev–Trinajstić information content (AvgIpc) is 2.37. The van der Waals surface area contributed by atoms with Gasteiger partial charge in [0.2, 0.25) is 0 Å². The molecule has 0 aliphatic rings. The monoisotopic (exact) mass is 253 g/mol. The van der Waals surface area contributed by atoms with Crippen LogP contribution in [0.2, 0.25) is 0 Å². The smallest absolute Gasteiger partial charge is 0.305 e. The van der Waals surface area contributed by atoms with Gasteiger partial charge < -0.3 is 4.74 Å². The fraction of sp³-hybridized carbons (Fsp3) is 0.867. The largest absolute Gasteiger partial charge is 0.465 e. The van der Waals surface area contributed by atoms with E-state index in [2.05, 4.69) is 6.92 Å². The molecule has 0 atom stereocenters. The molecule has 0 saturated carbocycles. The van der Waals surface area contributed by atoms with Crippen LogP contribution in [0.1, 0.15) is 77.6 Å². The number of carbonyl (C=O) groups is 1. The number of hydrogen-bond acceptors (Lipinski definition) is 3. The standard InChI is InChI=1S/C15H27NO2/c1-2-3-4-5-6-7-8-9-10-12-15(17)18-14-11-13-16/h2-12,14H2,1H3. The molecule has 0 aromatic rings. The van der Waals surface area contributed by atoms with Crippen molar-refractivity contribution in [2.75, 3.05) is 6.61 Å². The molecule has 0 radical (unpaired) electrons. The van der Waals surface area contributed by atoms with Crippen molar-refractivity contribution in [2.24, 2.45) is 0 Å². The Kier molecular flexibility index (Phi) is 13.2. The van der Waals surface area contributed by atoms with Gasteiger partial charge in [0.15, 0.2) is 0 Å². The lowest BCUT2D eigenvalue weighted by Crippen LogP contribution is -2.04. The van der Waals surface area contributed by atoms with Gasteiger partial charge in [0.1, 0.15) is 6.61 Å². The maximum atomic E-state index is 11.2. The first-order valence-corrected chi connectivity index (χ1v) is 7.33. The molecule has 3 heteroatoms. The molecule has 0 saturated heterocycles. The molecule has 3 nitrogen and oxygen atoms in total. The minimum Gasteiger partial charge on any atom is -0.465 e. The molecule has 104 valence electrons. The van der Waals surface area contributed by atoms with Gasteiger partial charge in [-0.3, -0.25) is 4.79 Å². The predicted octanol–water partition coefficient (Wildman–Crippen LogP) is 4.36. The molecular formula is C15H27NO2. The molecular weight excluding hydrogens is 226 g/mol. The highest BCUT2D eigenvalue weighted by Gasteiger charge is 2.01. The van der Waals surface area contributed by atoms with Crippen LogP contribution in [0.3, 0.4) is 0 Å². The summed E-state index contributed by atoms with van der Waals surface area (Å²) in [6, 6.07) is 1.95. The van der Waals surface area contributed by atoms with E-state index in [-0.39, 0.29) is 12.6 Å². The third kappa shape index (κ3) is 13.0. The number of nitrogens with zero attached hydrogens (tertiary/aromatic N) is 1. The molecule has 0 bridgehead atoms. The van der Waals surface area contributed by atoms with Gasteiger partial charge in [-0.25, -0.2) is 0 Å². The van der Waals surface area contributed by atoms with Crippen LogP contribution >= 0.6 is 0 Å². The van der Waals surface area contributed by atoms with Crippen molar-refractivity contribution in [1.29, 1.82) is 5.26 Å². The summed E-state index contributed by atoms with van der Waals surface area (Å²) in [5, 5.41) is 8.29. The summed E-state index contributed by atoms with van der Waals surface area (Å²) < 4.78 is 4.89. The van der Waals surface area contributed by atoms with Crippen LogP contribution in [0.25, 0.3) is 0 Å². The third-order valence-corrected chi connectivity index (χ3v) is 2.96. The minimum absolute atomic E-state index is 0.159. The number of ether oxygens (including phenoxy) is 1. The molecule has 0 rings (SSSR count). The summed E-state index contributed by atoms with van der Waals surface area (Å²) in [4.78, 5) is 11.2. The van der Waals surface area contributed by atoms with Crippen LogP contribution in [0, 0.1) is 11.3 Å². The quantitative estimate of drug-likeness (QED) is 0.383. The first kappa shape index (κ1) is 17.0. The second-order valence-electron chi connectivity index (χ2n) is 4.71. The van der Waals surface area contributed by atoms with Crippen LogP contribution in [0.4, 0.5) is 0 Å². The molecule has 0 fully saturated rings. The molecule has 0 heterocycles. The number of esters is 1. The Morgan fingerprint density at radius 1 is 1.00 bits per heavy atom. The average molecular weight is 253 g/mol. The molecule has 0 spiro atoms. The lowest BCUT2D eigenvalue weighted by molar-refractivity contribution is -0.143. The van der Waals surface area contributed by atoms with Crippen LogP contribution in [-0.2, 0) is 9.53 Å². The molecule has 0 aliphatic heterocycles. The maximum Gasteiger partial charge on any atom is 0.305 e. The Labute approximate surface area is 112 Å². The summed E-state index contributed by atoms with van der Waals surface area (Å²) in [5.74, 6) is -0.159. The van der Waals surface area contributed by atoms with Crippen molar-refractivity contribution < 1.29 is 9.53 Å². The van der Waals surface area contributed by atoms with Crippen LogP contribution in [0.15, 0.2) is 0 Å². The number of unbranched alkanes of at least 4 members (excludes halogenated alkanes) is 8. The second kappa shape index (κ2) is 14.0. The Morgan fingerprint density at radius 3 is 2.11 bits per heavy atom. The number of nitriles is 1. The molecule has 0 N–H and O–H groups in total. The number of rotatable bonds is 12. The Bertz CT molecular complexity index is 233. The van der Waals surface area contributed by atoms with Gasteiger partial charge in [-0.1, -0.05) is 58.3 Å². The van der Waals surface area contributed by atoms with Gasteiger partial charge in [0, 0.05) is 6.42 Å². The second-order valence-corrected chi connectivity index (χ2v) is 4.71. The number of carbonyl (C=O) groups excluding carboxylic acids is 1. The first-order chi connectivity index (χ1) is 8.81. The third-order valence-electron chi connectivity index (χ3n) is 2.96. The zero-order chi connectivity index (χ0) is 13.5. The van der Waals surface area contributed by atoms with E-state index in [1.54, 1.807) is 0 Å². The van der Waals surface area contributed by atoms with Crippen molar-refractivity contribution >= 4 is 5.97 Å². The summed E-state index contributed by atoms with van der Waals surface area (Å²) in [5.41, 5.74) is 0. The Hall–Kier alpha value is -1.04. The topological polar surface area (TPSA) is 50.1 Å². The molecule has 0 aromatic heterocycles. The van der Waals surface area contributed by atoms with E-state index in [1.165, 1.54) is 44.9 Å². The van der Waals surface area contributed by atoms with Crippen molar-refractivity contribution in [3.05, 3.63) is 0 Å². The van der Waals surface area contributed by atoms with Gasteiger partial charge in [0.25, 0.3) is 0 Å². The van der Waals surface area contributed by atoms with Gasteiger partial charge in [0.05, 0.1) is 12.5 Å². The van der Waals surface area contributed by atoms with Gasteiger partial charge in [-0.15, -0.1) is 0 Å². The van der Waals surface area contributed by atoms with E-state index >= 15 is 0 Å². The van der Waals surface area contributed by atoms with Crippen LogP contribution < -0.4 is 0 Å². The lowest BCUT2D eigenvalue weighted by atomic mass is 10.1. The highest BCUT2D eigenvalue weighted by molar-refractivity contribution is 5.69. The minimum atomic E-state index is -0.159. The zero-order valence-corrected chi connectivity index (χ0v) is 11.7. The van der Waals surface area contributed by atoms with Crippen LogP contribution in [-0.4, -0.2) is 12.6 Å². The summed E-state index contributed by atoms with van der Waals surface area (Å²) in [6.45, 7) is 2.47. The van der Waals surface area contributed by atoms with E-state index < -0.39 is 0 Å². The highest BCUT2D eigenvalue weighted by Crippen LogP contribution is 2.10. The normalized spacial score (nSPS) is 10.0. The molecule has 0 unspecified atom stereocenters. The van der Waals surface area contributed by atoms with E-state index in [0.717, 1.165) is 12.8 Å². The van der Waals surface area contributed by atoms with Crippen LogP contribution in [0.5, 0.6) is 0 Å². The number of hydrogen-bond donors (Lipinski definition) is 0.